The Hall–Kier alpha value is -0.830. The van der Waals surface area contributed by atoms with E-state index in [1.807, 2.05) is 0 Å². The Morgan fingerprint density at radius 2 is 1.74 bits per heavy atom. The Balaban J connectivity index is 0.00000162. The molecule has 1 fully saturated rings. The maximum absolute atomic E-state index is 11.2. The molecule has 0 aliphatic carbocycles. The third-order valence-electron chi connectivity index (χ3n) is 2.14. The first kappa shape index (κ1) is 18.2. The molecular formula is C6H14N2O9S2. The van der Waals surface area contributed by atoms with Crippen LogP contribution in [0.5, 0.6) is 0 Å². The quantitative estimate of drug-likeness (QED) is 0.557. The van der Waals surface area contributed by atoms with Gasteiger partial charge in [0.1, 0.15) is 0 Å². The van der Waals surface area contributed by atoms with Crippen LogP contribution in [0, 0.1) is 0 Å². The lowest BCUT2D eigenvalue weighted by Crippen LogP contribution is -2.54. The second-order valence-electron chi connectivity index (χ2n) is 3.31. The largest absolute Gasteiger partial charge is 0.419 e. The van der Waals surface area contributed by atoms with Crippen molar-refractivity contribution in [2.75, 3.05) is 13.1 Å². The summed E-state index contributed by atoms with van der Waals surface area (Å²) in [4.78, 5) is 3.90. The highest BCUT2D eigenvalue weighted by atomic mass is 32.3. The van der Waals surface area contributed by atoms with Crippen LogP contribution < -0.4 is 5.32 Å². The summed E-state index contributed by atoms with van der Waals surface area (Å²) >= 11 is 0. The van der Waals surface area contributed by atoms with E-state index < -0.39 is 26.6 Å². The average molecular weight is 322 g/mol. The summed E-state index contributed by atoms with van der Waals surface area (Å²) in [5, 5.41) is 2.71. The fourth-order valence-electron chi connectivity index (χ4n) is 1.49. The molecule has 2 aliphatic heterocycles. The molecular weight excluding hydrogens is 308 g/mol. The van der Waals surface area contributed by atoms with Crippen molar-refractivity contribution in [2.45, 2.75) is 19.1 Å². The predicted molar refractivity (Wildman–Crippen MR) is 61.6 cm³/mol. The van der Waals surface area contributed by atoms with Gasteiger partial charge in [-0.05, 0) is 0 Å². The maximum atomic E-state index is 11.2. The second kappa shape index (κ2) is 5.66. The van der Waals surface area contributed by atoms with E-state index in [1.54, 1.807) is 0 Å². The van der Waals surface area contributed by atoms with Gasteiger partial charge in [-0.2, -0.15) is 16.8 Å². The molecule has 0 bridgehead atoms. The van der Waals surface area contributed by atoms with Crippen LogP contribution in [0.2, 0.25) is 0 Å². The van der Waals surface area contributed by atoms with Gasteiger partial charge in [0, 0.05) is 13.0 Å². The molecule has 19 heavy (non-hydrogen) atoms. The Bertz CT molecular complexity index is 517. The summed E-state index contributed by atoms with van der Waals surface area (Å²) in [7, 11) is -9.36. The topological polar surface area (TPSA) is 183 Å². The fraction of sp³-hybridized carbons (Fsp3) is 0.833. The lowest BCUT2D eigenvalue weighted by Gasteiger charge is -2.32. The molecule has 2 heterocycles. The standard InChI is InChI=1S/C6H10N2O7S2.2H2O/c1-2-6(5-7-3-4-8-5)13-16(9,10)15-17(11,12)14-6;;/h2-4H2,1H3,(H,7,8);2*1H2. The van der Waals surface area contributed by atoms with Crippen LogP contribution in [-0.2, 0) is 32.8 Å². The van der Waals surface area contributed by atoms with Gasteiger partial charge in [-0.1, -0.05) is 6.92 Å². The Morgan fingerprint density at radius 1 is 1.21 bits per heavy atom. The van der Waals surface area contributed by atoms with Gasteiger partial charge in [-0.25, -0.2) is 8.37 Å². The van der Waals surface area contributed by atoms with Gasteiger partial charge in [0.25, 0.3) is 5.79 Å². The molecule has 0 unspecified atom stereocenters. The van der Waals surface area contributed by atoms with E-state index in [1.165, 1.54) is 6.92 Å². The molecule has 2 aliphatic rings. The molecule has 0 aromatic heterocycles. The van der Waals surface area contributed by atoms with Gasteiger partial charge in [0.15, 0.2) is 5.84 Å². The van der Waals surface area contributed by atoms with Crippen LogP contribution in [-0.4, -0.2) is 52.5 Å². The average Bonchev–Trinajstić information content (AvgIpc) is 2.65. The highest BCUT2D eigenvalue weighted by Crippen LogP contribution is 2.32. The van der Waals surface area contributed by atoms with Crippen LogP contribution in [0.4, 0.5) is 0 Å². The summed E-state index contributed by atoms with van der Waals surface area (Å²) in [6.45, 7) is 2.33. The summed E-state index contributed by atoms with van der Waals surface area (Å²) in [6.07, 6.45) is -0.0688. The van der Waals surface area contributed by atoms with E-state index in [-0.39, 0.29) is 23.2 Å². The van der Waals surface area contributed by atoms with E-state index in [9.17, 15) is 16.8 Å². The number of nitrogens with zero attached hydrogens (tertiary/aromatic N) is 1. The zero-order chi connectivity index (χ0) is 12.7. The van der Waals surface area contributed by atoms with Crippen molar-refractivity contribution in [2.24, 2.45) is 4.99 Å². The minimum atomic E-state index is -4.68. The third-order valence-corrected chi connectivity index (χ3v) is 4.42. The first-order valence-corrected chi connectivity index (χ1v) is 7.36. The van der Waals surface area contributed by atoms with Gasteiger partial charge in [0.05, 0.1) is 6.54 Å². The van der Waals surface area contributed by atoms with Crippen molar-refractivity contribution in [1.29, 1.82) is 0 Å². The van der Waals surface area contributed by atoms with Crippen molar-refractivity contribution in [3.63, 3.8) is 0 Å². The lowest BCUT2D eigenvalue weighted by molar-refractivity contribution is -0.0750. The van der Waals surface area contributed by atoms with Crippen LogP contribution in [0.3, 0.4) is 0 Å². The first-order chi connectivity index (χ1) is 7.79. The molecule has 2 rings (SSSR count). The van der Waals surface area contributed by atoms with Gasteiger partial charge in [-0.15, -0.1) is 3.63 Å². The van der Waals surface area contributed by atoms with Crippen LogP contribution >= 0.6 is 0 Å². The van der Waals surface area contributed by atoms with E-state index in [0.29, 0.717) is 13.1 Å². The zero-order valence-corrected chi connectivity index (χ0v) is 11.4. The lowest BCUT2D eigenvalue weighted by atomic mass is 10.2. The van der Waals surface area contributed by atoms with Gasteiger partial charge in [0.2, 0.25) is 0 Å². The Labute approximate surface area is 109 Å². The molecule has 0 saturated carbocycles. The smallest absolute Gasteiger partial charge is 0.412 e. The van der Waals surface area contributed by atoms with E-state index in [0.717, 1.165) is 0 Å². The molecule has 0 amide bonds. The molecule has 114 valence electrons. The number of hydrogen-bond acceptors (Lipinski definition) is 9. The van der Waals surface area contributed by atoms with E-state index in [4.69, 9.17) is 0 Å². The molecule has 0 spiro atoms. The van der Waals surface area contributed by atoms with Crippen LogP contribution in [0.15, 0.2) is 4.99 Å². The van der Waals surface area contributed by atoms with Crippen molar-refractivity contribution in [3.05, 3.63) is 0 Å². The normalized spacial score (nSPS) is 26.3. The number of nitrogens with one attached hydrogen (secondary N) is 1. The highest BCUT2D eigenvalue weighted by Gasteiger charge is 2.53. The third kappa shape index (κ3) is 3.59. The van der Waals surface area contributed by atoms with E-state index in [2.05, 4.69) is 22.3 Å². The molecule has 0 aromatic carbocycles. The Morgan fingerprint density at radius 3 is 2.11 bits per heavy atom. The number of hydrogen-bond donors (Lipinski definition) is 1. The number of aliphatic imine (C=N–C) groups is 1. The molecule has 11 nitrogen and oxygen atoms in total. The van der Waals surface area contributed by atoms with Crippen molar-refractivity contribution in [1.82, 2.24) is 5.32 Å². The SMILES string of the molecule is CCC1(C2=NCCN2)OS(=O)(=O)OS(=O)(=O)O1.O.O. The number of amidine groups is 1. The fourth-order valence-corrected chi connectivity index (χ4v) is 3.69. The van der Waals surface area contributed by atoms with Crippen molar-refractivity contribution in [3.8, 4) is 0 Å². The van der Waals surface area contributed by atoms with Gasteiger partial charge in [-0.3, -0.25) is 4.99 Å². The molecule has 13 heteroatoms. The first-order valence-electron chi connectivity index (χ1n) is 4.70. The van der Waals surface area contributed by atoms with Crippen LogP contribution in [0.25, 0.3) is 0 Å². The van der Waals surface area contributed by atoms with Crippen molar-refractivity contribution >= 4 is 26.6 Å². The molecule has 0 aromatic rings. The molecule has 0 radical (unpaired) electrons. The molecule has 5 N–H and O–H groups in total. The van der Waals surface area contributed by atoms with Gasteiger partial charge < -0.3 is 16.3 Å². The number of rotatable bonds is 2. The summed E-state index contributed by atoms with van der Waals surface area (Å²) in [5.41, 5.74) is 0. The van der Waals surface area contributed by atoms with Crippen LogP contribution in [0.1, 0.15) is 13.3 Å². The maximum Gasteiger partial charge on any atom is 0.419 e. The summed E-state index contributed by atoms with van der Waals surface area (Å²) in [6, 6.07) is 0. The minimum absolute atomic E-state index is 0. The monoisotopic (exact) mass is 322 g/mol. The van der Waals surface area contributed by atoms with Crippen molar-refractivity contribution < 1.29 is 39.8 Å². The molecule has 0 atom stereocenters. The predicted octanol–water partition coefficient (Wildman–Crippen LogP) is -3.00. The Kier molecular flexibility index (Phi) is 5.41. The molecule has 1 saturated heterocycles. The summed E-state index contributed by atoms with van der Waals surface area (Å²) in [5.74, 6) is -1.97. The minimum Gasteiger partial charge on any atom is -0.412 e. The van der Waals surface area contributed by atoms with Gasteiger partial charge >= 0.3 is 20.8 Å². The highest BCUT2D eigenvalue weighted by molar-refractivity contribution is 7.95. The zero-order valence-electron chi connectivity index (χ0n) is 9.74. The summed E-state index contributed by atoms with van der Waals surface area (Å²) < 4.78 is 57.7. The second-order valence-corrected chi connectivity index (χ2v) is 5.83. The van der Waals surface area contributed by atoms with E-state index >= 15 is 0 Å².